The number of fused-ring (bicyclic) bond motifs is 2. The van der Waals surface area contributed by atoms with E-state index >= 15 is 0 Å². The third kappa shape index (κ3) is 4.63. The Morgan fingerprint density at radius 3 is 2.81 bits per heavy atom. The van der Waals surface area contributed by atoms with Crippen LogP contribution in [-0.2, 0) is 11.3 Å². The lowest BCUT2D eigenvalue weighted by Crippen LogP contribution is -2.46. The van der Waals surface area contributed by atoms with E-state index in [-0.39, 0.29) is 36.8 Å². The topological polar surface area (TPSA) is 95.9 Å². The van der Waals surface area contributed by atoms with Gasteiger partial charge in [-0.15, -0.1) is 0 Å². The highest BCUT2D eigenvalue weighted by Crippen LogP contribution is 2.46. The standard InChI is InChI=1S/C28H34FN5O3/c1-28(2)16-34(14-24(37)33(4)12-18(36)15-35)10-8-22(28)26-21-13-32(3)23-6-5-17(29)11-20(23)19-7-9-30-27(31-26)25(19)21/h5-9,11,18,35-36H,10,12-16H2,1-4H3,(H,30,31). The minimum absolute atomic E-state index is 0.0984. The number of anilines is 1. The Morgan fingerprint density at radius 1 is 1.30 bits per heavy atom. The zero-order valence-corrected chi connectivity index (χ0v) is 21.8. The number of benzene rings is 1. The predicted octanol–water partition coefficient (Wildman–Crippen LogP) is 2.86. The van der Waals surface area contributed by atoms with E-state index in [2.05, 4.69) is 39.7 Å². The van der Waals surface area contributed by atoms with Crippen molar-refractivity contribution in [2.24, 2.45) is 5.41 Å². The Hall–Kier alpha value is -3.27. The van der Waals surface area contributed by atoms with Crippen LogP contribution in [0, 0.1) is 11.2 Å². The summed E-state index contributed by atoms with van der Waals surface area (Å²) in [7, 11) is 3.66. The van der Waals surface area contributed by atoms with E-state index in [1.165, 1.54) is 16.5 Å². The van der Waals surface area contributed by atoms with E-state index in [1.54, 1.807) is 19.3 Å². The molecule has 1 unspecified atom stereocenters. The van der Waals surface area contributed by atoms with Crippen molar-refractivity contribution in [1.82, 2.24) is 19.8 Å². The smallest absolute Gasteiger partial charge is 0.236 e. The summed E-state index contributed by atoms with van der Waals surface area (Å²) < 4.78 is 14.3. The van der Waals surface area contributed by atoms with Gasteiger partial charge in [-0.05, 0) is 35.4 Å². The van der Waals surface area contributed by atoms with E-state index in [4.69, 9.17) is 5.11 Å². The number of aromatic nitrogens is 2. The normalized spacial score (nSPS) is 17.8. The van der Waals surface area contributed by atoms with Crippen molar-refractivity contribution in [3.05, 3.63) is 53.6 Å². The third-order valence-corrected chi connectivity index (χ3v) is 7.50. The molecule has 196 valence electrons. The number of H-pyrrole nitrogens is 1. The van der Waals surface area contributed by atoms with Gasteiger partial charge in [0.15, 0.2) is 0 Å². The Kier molecular flexibility index (Phi) is 6.55. The van der Waals surface area contributed by atoms with Gasteiger partial charge in [0.25, 0.3) is 0 Å². The van der Waals surface area contributed by atoms with Gasteiger partial charge in [-0.1, -0.05) is 19.9 Å². The molecule has 0 bridgehead atoms. The second-order valence-electron chi connectivity index (χ2n) is 10.9. The number of carbonyl (C=O) groups is 1. The summed E-state index contributed by atoms with van der Waals surface area (Å²) in [6.45, 7) is 6.24. The van der Waals surface area contributed by atoms with Gasteiger partial charge < -0.3 is 25.0 Å². The Morgan fingerprint density at radius 2 is 2.08 bits per heavy atom. The fraction of sp³-hybridized carbons (Fsp3) is 0.429. The van der Waals surface area contributed by atoms with Gasteiger partial charge in [0.05, 0.1) is 19.3 Å². The summed E-state index contributed by atoms with van der Waals surface area (Å²) in [5.41, 5.74) is 6.67. The quantitative estimate of drug-likeness (QED) is 0.475. The van der Waals surface area contributed by atoms with Crippen molar-refractivity contribution >= 4 is 28.2 Å². The minimum Gasteiger partial charge on any atom is -0.394 e. The number of aromatic amines is 1. The number of carbonyl (C=O) groups excluding carboxylic acids is 1. The van der Waals surface area contributed by atoms with Crippen LogP contribution in [-0.4, -0.2) is 88.9 Å². The molecule has 4 heterocycles. The predicted molar refractivity (Wildman–Crippen MR) is 143 cm³/mol. The van der Waals surface area contributed by atoms with E-state index in [9.17, 15) is 14.3 Å². The molecule has 0 radical (unpaired) electrons. The maximum Gasteiger partial charge on any atom is 0.236 e. The molecule has 5 rings (SSSR count). The van der Waals surface area contributed by atoms with Crippen LogP contribution in [0.15, 0.2) is 36.5 Å². The van der Waals surface area contributed by atoms with Crippen LogP contribution in [0.4, 0.5) is 10.1 Å². The van der Waals surface area contributed by atoms with Crippen LogP contribution in [0.2, 0.25) is 0 Å². The SMILES string of the molecule is CN(CC(O)CO)C(=O)CN1CC=C(c2[nH]c3nccc4c3c2CN(C)c2ccc(F)cc2-4)C(C)(C)C1. The molecule has 9 heteroatoms. The molecule has 1 atom stereocenters. The molecule has 2 aliphatic heterocycles. The molecule has 2 aliphatic rings. The molecule has 3 aromatic rings. The number of likely N-dealkylation sites (N-methyl/N-ethyl adjacent to an activating group) is 1. The summed E-state index contributed by atoms with van der Waals surface area (Å²) in [6, 6.07) is 6.89. The third-order valence-electron chi connectivity index (χ3n) is 7.50. The fourth-order valence-corrected chi connectivity index (χ4v) is 5.73. The monoisotopic (exact) mass is 507 g/mol. The number of amides is 1. The van der Waals surface area contributed by atoms with Crippen molar-refractivity contribution < 1.29 is 19.4 Å². The van der Waals surface area contributed by atoms with Crippen molar-refractivity contribution in [2.75, 3.05) is 51.8 Å². The van der Waals surface area contributed by atoms with Gasteiger partial charge in [0.2, 0.25) is 5.91 Å². The van der Waals surface area contributed by atoms with Crippen LogP contribution in [0.5, 0.6) is 0 Å². The summed E-state index contributed by atoms with van der Waals surface area (Å²) in [5.74, 6) is -0.364. The van der Waals surface area contributed by atoms with Gasteiger partial charge in [-0.3, -0.25) is 9.69 Å². The number of halogens is 1. The Labute approximate surface area is 216 Å². The van der Waals surface area contributed by atoms with Crippen LogP contribution >= 0.6 is 0 Å². The molecular weight excluding hydrogens is 473 g/mol. The molecule has 0 saturated heterocycles. The van der Waals surface area contributed by atoms with E-state index < -0.39 is 6.10 Å². The summed E-state index contributed by atoms with van der Waals surface area (Å²) in [4.78, 5) is 26.6. The second-order valence-corrected chi connectivity index (χ2v) is 10.9. The number of pyridine rings is 1. The molecule has 3 N–H and O–H groups in total. The molecule has 0 spiro atoms. The fourth-order valence-electron chi connectivity index (χ4n) is 5.73. The first kappa shape index (κ1) is 25.4. The van der Waals surface area contributed by atoms with Gasteiger partial charge in [-0.25, -0.2) is 9.37 Å². The molecule has 2 aromatic heterocycles. The zero-order valence-electron chi connectivity index (χ0n) is 21.8. The first-order chi connectivity index (χ1) is 17.6. The van der Waals surface area contributed by atoms with Crippen molar-refractivity contribution in [2.45, 2.75) is 26.5 Å². The number of rotatable bonds is 6. The Bertz CT molecular complexity index is 1380. The molecule has 0 saturated carbocycles. The lowest BCUT2D eigenvalue weighted by molar-refractivity contribution is -0.132. The number of hydrogen-bond donors (Lipinski definition) is 3. The van der Waals surface area contributed by atoms with Crippen molar-refractivity contribution in [3.63, 3.8) is 0 Å². The number of nitrogens with one attached hydrogen (secondary N) is 1. The first-order valence-corrected chi connectivity index (χ1v) is 12.6. The molecule has 8 nitrogen and oxygen atoms in total. The van der Waals surface area contributed by atoms with Crippen LogP contribution in [0.1, 0.15) is 25.1 Å². The number of aliphatic hydroxyl groups excluding tert-OH is 2. The lowest BCUT2D eigenvalue weighted by atomic mass is 9.78. The average Bonchev–Trinajstić information content (AvgIpc) is 3.14. The summed E-state index contributed by atoms with van der Waals surface area (Å²) in [6.07, 6.45) is 3.00. The number of hydrogen-bond acceptors (Lipinski definition) is 6. The first-order valence-electron chi connectivity index (χ1n) is 12.6. The highest BCUT2D eigenvalue weighted by molar-refractivity contribution is 6.03. The zero-order chi connectivity index (χ0) is 26.5. The number of aliphatic hydroxyl groups is 2. The maximum atomic E-state index is 14.3. The van der Waals surface area contributed by atoms with Gasteiger partial charge in [-0.2, -0.15) is 0 Å². The van der Waals surface area contributed by atoms with E-state index in [1.807, 2.05) is 19.2 Å². The van der Waals surface area contributed by atoms with E-state index in [0.29, 0.717) is 19.6 Å². The molecular formula is C28H34FN5O3. The Balaban J connectivity index is 1.49. The summed E-state index contributed by atoms with van der Waals surface area (Å²) >= 11 is 0. The largest absolute Gasteiger partial charge is 0.394 e. The molecule has 37 heavy (non-hydrogen) atoms. The van der Waals surface area contributed by atoms with Crippen molar-refractivity contribution in [3.8, 4) is 11.1 Å². The van der Waals surface area contributed by atoms with Gasteiger partial charge in [0, 0.05) is 79.8 Å². The maximum absolute atomic E-state index is 14.3. The highest BCUT2D eigenvalue weighted by atomic mass is 19.1. The highest BCUT2D eigenvalue weighted by Gasteiger charge is 2.35. The lowest BCUT2D eigenvalue weighted by Gasteiger charge is -2.39. The van der Waals surface area contributed by atoms with E-state index in [0.717, 1.165) is 39.1 Å². The van der Waals surface area contributed by atoms with Gasteiger partial charge >= 0.3 is 0 Å². The average molecular weight is 508 g/mol. The summed E-state index contributed by atoms with van der Waals surface area (Å²) in [5, 5.41) is 19.8. The second kappa shape index (κ2) is 9.55. The van der Waals surface area contributed by atoms with Crippen LogP contribution in [0.25, 0.3) is 27.7 Å². The number of nitrogens with zero attached hydrogens (tertiary/aromatic N) is 4. The molecule has 0 fully saturated rings. The minimum atomic E-state index is -0.944. The van der Waals surface area contributed by atoms with Crippen molar-refractivity contribution in [1.29, 1.82) is 0 Å². The van der Waals surface area contributed by atoms with Gasteiger partial charge in [0.1, 0.15) is 11.5 Å². The molecule has 1 aromatic carbocycles. The molecule has 0 aliphatic carbocycles. The molecule has 1 amide bonds. The van der Waals surface area contributed by atoms with Crippen LogP contribution < -0.4 is 4.90 Å². The van der Waals surface area contributed by atoms with Crippen LogP contribution in [0.3, 0.4) is 0 Å².